The Morgan fingerprint density at radius 1 is 1.09 bits per heavy atom. The summed E-state index contributed by atoms with van der Waals surface area (Å²) in [6.45, 7) is 14.6. The van der Waals surface area contributed by atoms with Crippen LogP contribution in [0.1, 0.15) is 87.7 Å². The van der Waals surface area contributed by atoms with E-state index in [9.17, 15) is 18.3 Å². The van der Waals surface area contributed by atoms with Crippen LogP contribution in [0.5, 0.6) is 0 Å². The number of nitrogens with zero attached hydrogens (tertiary/aromatic N) is 2. The van der Waals surface area contributed by atoms with E-state index in [1.807, 2.05) is 0 Å². The Hall–Kier alpha value is -1.94. The number of benzene rings is 1. The molecule has 1 saturated carbocycles. The minimum atomic E-state index is -4.00. The lowest BCUT2D eigenvalue weighted by molar-refractivity contribution is 0.0678. The summed E-state index contributed by atoms with van der Waals surface area (Å²) in [7, 11) is -5.10. The highest BCUT2D eigenvalue weighted by Gasteiger charge is 2.50. The van der Waals surface area contributed by atoms with E-state index in [0.29, 0.717) is 39.7 Å². The zero-order valence-electron chi connectivity index (χ0n) is 27.9. The van der Waals surface area contributed by atoms with Crippen LogP contribution >= 0.6 is 34.5 Å². The second-order valence-corrected chi connectivity index (χ2v) is 22.1. The fraction of sp³-hybridized carbons (Fsp3) is 0.531. The molecule has 0 bridgehead atoms. The second kappa shape index (κ2) is 14.9. The highest BCUT2D eigenvalue weighted by atomic mass is 35.5. The smallest absolute Gasteiger partial charge is 0.335 e. The Balaban J connectivity index is 1.63. The number of anilines is 1. The molecule has 1 fully saturated rings. The molecule has 47 heavy (non-hydrogen) atoms. The van der Waals surface area contributed by atoms with Crippen LogP contribution in [-0.2, 0) is 24.5 Å². The summed E-state index contributed by atoms with van der Waals surface area (Å²) in [6, 6.07) is 8.09. The van der Waals surface area contributed by atoms with Gasteiger partial charge in [0, 0.05) is 29.9 Å². The van der Waals surface area contributed by atoms with Crippen LogP contribution in [0.3, 0.4) is 0 Å². The number of carbonyl (C=O) groups is 1. The molecule has 1 aromatic carbocycles. The van der Waals surface area contributed by atoms with Crippen LogP contribution in [0.2, 0.25) is 26.0 Å². The zero-order valence-corrected chi connectivity index (χ0v) is 32.0. The van der Waals surface area contributed by atoms with Gasteiger partial charge in [-0.1, -0.05) is 76.9 Å². The summed E-state index contributed by atoms with van der Waals surface area (Å²) in [5, 5.41) is 15.3. The lowest BCUT2D eigenvalue weighted by Crippen LogP contribution is -2.52. The molecule has 4 rings (SSSR count). The molecular formula is C32H44Cl2N4O6S2Si. The highest BCUT2D eigenvalue weighted by Crippen LogP contribution is 2.46. The van der Waals surface area contributed by atoms with Crippen molar-refractivity contribution < 1.29 is 26.9 Å². The van der Waals surface area contributed by atoms with Crippen molar-refractivity contribution in [2.24, 2.45) is 0 Å². The molecule has 1 aliphatic rings. The average Bonchev–Trinajstić information content (AvgIpc) is 3.57. The van der Waals surface area contributed by atoms with Gasteiger partial charge in [-0.05, 0) is 60.2 Å². The van der Waals surface area contributed by atoms with Crippen molar-refractivity contribution in [1.82, 2.24) is 14.7 Å². The van der Waals surface area contributed by atoms with Crippen LogP contribution in [0, 0.1) is 0 Å². The van der Waals surface area contributed by atoms with Crippen molar-refractivity contribution in [1.29, 1.82) is 0 Å². The average molecular weight is 744 g/mol. The molecule has 2 aromatic heterocycles. The first kappa shape index (κ1) is 37.9. The van der Waals surface area contributed by atoms with Gasteiger partial charge in [0.1, 0.15) is 23.9 Å². The fourth-order valence-electron chi connectivity index (χ4n) is 6.88. The molecule has 0 amide bonds. The van der Waals surface area contributed by atoms with Gasteiger partial charge in [-0.15, -0.1) is 11.3 Å². The number of hydrogen-bond acceptors (Lipinski definition) is 10. The first-order valence-electron chi connectivity index (χ1n) is 15.6. The van der Waals surface area contributed by atoms with Gasteiger partial charge in [0.2, 0.25) is 14.1 Å². The maximum atomic E-state index is 13.9. The fourth-order valence-corrected chi connectivity index (χ4v) is 14.7. The summed E-state index contributed by atoms with van der Waals surface area (Å²) in [6.07, 6.45) is 2.27. The number of thiophene rings is 1. The predicted molar refractivity (Wildman–Crippen MR) is 190 cm³/mol. The van der Waals surface area contributed by atoms with Crippen LogP contribution in [-0.4, -0.2) is 62.9 Å². The summed E-state index contributed by atoms with van der Waals surface area (Å²) in [4.78, 5) is 22.7. The molecule has 0 aliphatic heterocycles. The molecular weight excluding hydrogens is 700 g/mol. The Morgan fingerprint density at radius 2 is 1.72 bits per heavy atom. The summed E-state index contributed by atoms with van der Waals surface area (Å²) in [5.41, 5.74) is 0.449. The molecule has 0 spiro atoms. The normalized spacial score (nSPS) is 20.3. The lowest BCUT2D eigenvalue weighted by Gasteiger charge is -2.44. The third-order valence-electron chi connectivity index (χ3n) is 9.13. The summed E-state index contributed by atoms with van der Waals surface area (Å²) >= 11 is 13.8. The van der Waals surface area contributed by atoms with Crippen LogP contribution in [0.15, 0.2) is 42.9 Å². The minimum Gasteiger partial charge on any atom is -0.410 e. The predicted octanol–water partition coefficient (Wildman–Crippen LogP) is 7.32. The molecule has 0 radical (unpaired) electrons. The molecule has 1 aliphatic carbocycles. The Morgan fingerprint density at radius 3 is 2.32 bits per heavy atom. The van der Waals surface area contributed by atoms with E-state index in [1.165, 1.54) is 19.6 Å². The highest BCUT2D eigenvalue weighted by molar-refractivity contribution is 7.84. The largest absolute Gasteiger partial charge is 0.410 e. The molecule has 3 aromatic rings. The van der Waals surface area contributed by atoms with E-state index in [4.69, 9.17) is 31.8 Å². The van der Waals surface area contributed by atoms with Gasteiger partial charge in [-0.25, -0.2) is 9.97 Å². The molecule has 3 N–H and O–H groups in total. The minimum absolute atomic E-state index is 0.208. The Labute approximate surface area is 293 Å². The Kier molecular flexibility index (Phi) is 12.0. The molecule has 2 heterocycles. The monoisotopic (exact) mass is 742 g/mol. The van der Waals surface area contributed by atoms with E-state index < -0.39 is 36.4 Å². The molecule has 15 heteroatoms. The van der Waals surface area contributed by atoms with Crippen molar-refractivity contribution in [3.8, 4) is 0 Å². The number of nitrogens with one attached hydrogen (secondary N) is 2. The zero-order chi connectivity index (χ0) is 34.9. The number of aliphatic hydroxyl groups is 1. The van der Waals surface area contributed by atoms with Crippen LogP contribution in [0.25, 0.3) is 0 Å². The standard InChI is InChI=1S/C32H44Cl2N4O6S2Si/c1-18(2)47(19(3)4,20(5)6)44-27-14-23(13-26(27)43-46(41,42)35-8)38-31-24(16-36-17-37-31)29(39)28-15-25(30(34)45-28)32(7,40)21-10-9-11-22(33)12-21/h9-12,15-20,23,26-27,35,40H,13-14H2,1-8H3,(H,36,37,38)/t23-,26+,27-,32-/m0/s1. The van der Waals surface area contributed by atoms with Crippen molar-refractivity contribution in [2.45, 2.75) is 102 Å². The van der Waals surface area contributed by atoms with Crippen LogP contribution in [0.4, 0.5) is 5.82 Å². The lowest BCUT2D eigenvalue weighted by atomic mass is 9.89. The van der Waals surface area contributed by atoms with E-state index in [-0.39, 0.29) is 38.3 Å². The number of aromatic nitrogens is 2. The number of hydrogen-bond donors (Lipinski definition) is 3. The van der Waals surface area contributed by atoms with Gasteiger partial charge in [-0.3, -0.25) is 8.98 Å². The Bertz CT molecular complexity index is 1660. The molecule has 4 atom stereocenters. The van der Waals surface area contributed by atoms with Crippen molar-refractivity contribution in [3.05, 3.63) is 73.8 Å². The van der Waals surface area contributed by atoms with Crippen molar-refractivity contribution >= 4 is 64.8 Å². The molecule has 0 saturated heterocycles. The molecule has 10 nitrogen and oxygen atoms in total. The number of carbonyl (C=O) groups excluding carboxylic acids is 1. The van der Waals surface area contributed by atoms with Gasteiger partial charge in [0.15, 0.2) is 0 Å². The first-order valence-corrected chi connectivity index (χ1v) is 20.7. The van der Waals surface area contributed by atoms with Crippen molar-refractivity contribution in [3.63, 3.8) is 0 Å². The summed E-state index contributed by atoms with van der Waals surface area (Å²) in [5.74, 6) is -0.0889. The second-order valence-electron chi connectivity index (χ2n) is 13.1. The topological polar surface area (TPSA) is 140 Å². The van der Waals surface area contributed by atoms with E-state index >= 15 is 0 Å². The molecule has 258 valence electrons. The summed E-state index contributed by atoms with van der Waals surface area (Å²) < 4.78 is 40.2. The maximum Gasteiger partial charge on any atom is 0.335 e. The number of ketones is 1. The number of rotatable bonds is 14. The van der Waals surface area contributed by atoms with E-state index in [1.54, 1.807) is 37.3 Å². The van der Waals surface area contributed by atoms with Crippen LogP contribution < -0.4 is 10.0 Å². The van der Waals surface area contributed by atoms with Gasteiger partial charge in [0.25, 0.3) is 0 Å². The van der Waals surface area contributed by atoms with Gasteiger partial charge in [0.05, 0.1) is 20.9 Å². The SMILES string of the molecule is CNS(=O)(=O)O[C@@H]1C[C@H](Nc2ncncc2C(=O)c2cc([C@@](C)(O)c3cccc(Cl)c3)c(Cl)s2)C[C@@H]1O[Si](C(C)C)(C(C)C)C(C)C. The van der Waals surface area contributed by atoms with Gasteiger partial charge in [-0.2, -0.15) is 13.1 Å². The van der Waals surface area contributed by atoms with E-state index in [0.717, 1.165) is 11.3 Å². The third kappa shape index (κ3) is 8.10. The van der Waals surface area contributed by atoms with Gasteiger partial charge < -0.3 is 14.8 Å². The number of halogens is 2. The quantitative estimate of drug-likeness (QED) is 0.115. The molecule has 0 unspecified atom stereocenters. The maximum absolute atomic E-state index is 13.9. The van der Waals surface area contributed by atoms with E-state index in [2.05, 4.69) is 61.5 Å². The van der Waals surface area contributed by atoms with Gasteiger partial charge >= 0.3 is 10.3 Å². The first-order chi connectivity index (χ1) is 21.9. The van der Waals surface area contributed by atoms with Crippen molar-refractivity contribution in [2.75, 3.05) is 12.4 Å². The third-order valence-corrected chi connectivity index (χ3v) is 17.8.